The fourth-order valence-corrected chi connectivity index (χ4v) is 1.13. The maximum absolute atomic E-state index is 11.6. The average Bonchev–Trinajstić information content (AvgIpc) is 2.46. The van der Waals surface area contributed by atoms with Crippen LogP contribution in [-0.2, 0) is 11.3 Å². The number of methoxy groups -OCH3 is 1. The number of hydrogen-bond acceptors (Lipinski definition) is 4. The van der Waals surface area contributed by atoms with Crippen LogP contribution in [0.2, 0.25) is 0 Å². The Morgan fingerprint density at radius 2 is 2.33 bits per heavy atom. The molecule has 0 saturated carbocycles. The van der Waals surface area contributed by atoms with Gasteiger partial charge in [-0.3, -0.25) is 4.79 Å². The van der Waals surface area contributed by atoms with Crippen LogP contribution in [0.5, 0.6) is 0 Å². The lowest BCUT2D eigenvalue weighted by Gasteiger charge is -2.01. The van der Waals surface area contributed by atoms with Crippen LogP contribution in [0, 0.1) is 6.92 Å². The number of carbonyl (C=O) groups is 1. The summed E-state index contributed by atoms with van der Waals surface area (Å²) >= 11 is 0. The second-order valence-corrected chi connectivity index (χ2v) is 3.17. The quantitative estimate of drug-likeness (QED) is 0.815. The van der Waals surface area contributed by atoms with Crippen molar-refractivity contribution in [1.82, 2.24) is 10.3 Å². The second-order valence-electron chi connectivity index (χ2n) is 3.17. The third kappa shape index (κ3) is 2.92. The Morgan fingerprint density at radius 3 is 2.87 bits per heavy atom. The number of ether oxygens (including phenoxy) is 1. The lowest BCUT2D eigenvalue weighted by molar-refractivity contribution is 0.0953. The smallest absolute Gasteiger partial charge is 0.277 e. The van der Waals surface area contributed by atoms with Gasteiger partial charge in [-0.1, -0.05) is 6.58 Å². The van der Waals surface area contributed by atoms with Crippen LogP contribution in [-0.4, -0.2) is 18.0 Å². The van der Waals surface area contributed by atoms with Crippen LogP contribution in [0.15, 0.2) is 16.7 Å². The van der Waals surface area contributed by atoms with Gasteiger partial charge in [0.15, 0.2) is 17.3 Å². The minimum absolute atomic E-state index is 0.222. The summed E-state index contributed by atoms with van der Waals surface area (Å²) in [5, 5.41) is 2.56. The van der Waals surface area contributed by atoms with E-state index in [4.69, 9.17) is 9.15 Å². The van der Waals surface area contributed by atoms with Crippen LogP contribution < -0.4 is 5.32 Å². The van der Waals surface area contributed by atoms with Crippen LogP contribution in [0.1, 0.15) is 29.1 Å². The monoisotopic (exact) mass is 210 g/mol. The van der Waals surface area contributed by atoms with Gasteiger partial charge in [0.1, 0.15) is 6.61 Å². The molecule has 1 amide bonds. The molecule has 5 nitrogen and oxygen atoms in total. The number of hydrogen-bond donors (Lipinski definition) is 1. The molecule has 0 saturated heterocycles. The summed E-state index contributed by atoms with van der Waals surface area (Å²) < 4.78 is 10.1. The van der Waals surface area contributed by atoms with Crippen LogP contribution in [0.25, 0.3) is 0 Å². The maximum Gasteiger partial charge on any atom is 0.277 e. The van der Waals surface area contributed by atoms with E-state index in [-0.39, 0.29) is 18.2 Å². The van der Waals surface area contributed by atoms with Crippen LogP contribution >= 0.6 is 0 Å². The standard InChI is InChI=1S/C10H14N2O3/c1-6(2)11-10(13)9-8(5-14-4)15-7(3)12-9/h1,5H2,2-4H3,(H,11,13). The van der Waals surface area contributed by atoms with E-state index in [9.17, 15) is 4.79 Å². The highest BCUT2D eigenvalue weighted by molar-refractivity contribution is 5.94. The summed E-state index contributed by atoms with van der Waals surface area (Å²) in [5.41, 5.74) is 0.807. The molecule has 0 spiro atoms. The molecule has 0 aromatic carbocycles. The summed E-state index contributed by atoms with van der Waals surface area (Å²) in [4.78, 5) is 15.6. The molecular formula is C10H14N2O3. The van der Waals surface area contributed by atoms with Gasteiger partial charge in [-0.05, 0) is 6.92 Å². The van der Waals surface area contributed by atoms with Crippen molar-refractivity contribution in [3.05, 3.63) is 29.6 Å². The SMILES string of the molecule is C=C(C)NC(=O)c1nc(C)oc1COC. The molecule has 0 aliphatic carbocycles. The fraction of sp³-hybridized carbons (Fsp3) is 0.400. The van der Waals surface area contributed by atoms with E-state index >= 15 is 0 Å². The number of aryl methyl sites for hydroxylation is 1. The highest BCUT2D eigenvalue weighted by Crippen LogP contribution is 2.11. The normalized spacial score (nSPS) is 10.1. The zero-order valence-electron chi connectivity index (χ0n) is 9.09. The highest BCUT2D eigenvalue weighted by atomic mass is 16.5. The topological polar surface area (TPSA) is 64.4 Å². The van der Waals surface area contributed by atoms with Crippen molar-refractivity contribution in [2.45, 2.75) is 20.5 Å². The molecule has 0 aliphatic heterocycles. The number of allylic oxidation sites excluding steroid dienone is 1. The number of nitrogens with zero attached hydrogens (tertiary/aromatic N) is 1. The number of carbonyl (C=O) groups excluding carboxylic acids is 1. The summed E-state index contributed by atoms with van der Waals surface area (Å²) in [6, 6.07) is 0. The Labute approximate surface area is 88.1 Å². The van der Waals surface area contributed by atoms with Crippen molar-refractivity contribution >= 4 is 5.91 Å². The maximum atomic E-state index is 11.6. The minimum Gasteiger partial charge on any atom is -0.443 e. The number of rotatable bonds is 4. The predicted octanol–water partition coefficient (Wildman–Crippen LogP) is 1.39. The van der Waals surface area contributed by atoms with E-state index in [0.717, 1.165) is 0 Å². The summed E-state index contributed by atoms with van der Waals surface area (Å²) in [7, 11) is 1.53. The molecular weight excluding hydrogens is 196 g/mol. The zero-order chi connectivity index (χ0) is 11.4. The van der Waals surface area contributed by atoms with Crippen molar-refractivity contribution in [2.24, 2.45) is 0 Å². The Morgan fingerprint density at radius 1 is 1.67 bits per heavy atom. The first-order valence-electron chi connectivity index (χ1n) is 4.46. The van der Waals surface area contributed by atoms with Crippen molar-refractivity contribution in [2.75, 3.05) is 7.11 Å². The molecule has 82 valence electrons. The highest BCUT2D eigenvalue weighted by Gasteiger charge is 2.18. The molecule has 0 aliphatic rings. The van der Waals surface area contributed by atoms with Gasteiger partial charge in [-0.25, -0.2) is 4.98 Å². The van der Waals surface area contributed by atoms with Gasteiger partial charge in [0.25, 0.3) is 5.91 Å². The molecule has 5 heteroatoms. The van der Waals surface area contributed by atoms with Crippen LogP contribution in [0.3, 0.4) is 0 Å². The van der Waals surface area contributed by atoms with E-state index < -0.39 is 0 Å². The molecule has 0 fully saturated rings. The van der Waals surface area contributed by atoms with E-state index in [2.05, 4.69) is 16.9 Å². The summed E-state index contributed by atoms with van der Waals surface area (Å²) in [6.45, 7) is 7.18. The van der Waals surface area contributed by atoms with Gasteiger partial charge in [-0.2, -0.15) is 0 Å². The Hall–Kier alpha value is -1.62. The first-order chi connectivity index (χ1) is 7.04. The van der Waals surface area contributed by atoms with E-state index in [0.29, 0.717) is 17.3 Å². The molecule has 1 rings (SSSR count). The molecule has 0 radical (unpaired) electrons. The van der Waals surface area contributed by atoms with Gasteiger partial charge in [0.2, 0.25) is 0 Å². The predicted molar refractivity (Wildman–Crippen MR) is 54.2 cm³/mol. The molecule has 1 aromatic heterocycles. The Kier molecular flexibility index (Phi) is 3.62. The minimum atomic E-state index is -0.327. The van der Waals surface area contributed by atoms with Crippen molar-refractivity contribution in [3.8, 4) is 0 Å². The van der Waals surface area contributed by atoms with Crippen molar-refractivity contribution < 1.29 is 13.9 Å². The molecule has 0 atom stereocenters. The molecule has 1 aromatic rings. The van der Waals surface area contributed by atoms with Crippen molar-refractivity contribution in [3.63, 3.8) is 0 Å². The molecule has 0 bridgehead atoms. The lowest BCUT2D eigenvalue weighted by atomic mass is 10.3. The van der Waals surface area contributed by atoms with Gasteiger partial charge in [-0.15, -0.1) is 0 Å². The zero-order valence-corrected chi connectivity index (χ0v) is 9.09. The molecule has 0 unspecified atom stereocenters. The number of aromatic nitrogens is 1. The summed E-state index contributed by atoms with van der Waals surface area (Å²) in [5.74, 6) is 0.536. The molecule has 1 N–H and O–H groups in total. The van der Waals surface area contributed by atoms with E-state index in [1.165, 1.54) is 7.11 Å². The molecule has 15 heavy (non-hydrogen) atoms. The van der Waals surface area contributed by atoms with Crippen LogP contribution in [0.4, 0.5) is 0 Å². The average molecular weight is 210 g/mol. The lowest BCUT2D eigenvalue weighted by Crippen LogP contribution is -2.22. The van der Waals surface area contributed by atoms with Gasteiger partial charge in [0.05, 0.1) is 0 Å². The van der Waals surface area contributed by atoms with E-state index in [1.807, 2.05) is 0 Å². The number of oxazole rings is 1. The second kappa shape index (κ2) is 4.75. The Bertz CT molecular complexity index is 382. The number of nitrogens with one attached hydrogen (secondary N) is 1. The summed E-state index contributed by atoms with van der Waals surface area (Å²) in [6.07, 6.45) is 0. The first kappa shape index (κ1) is 11.5. The largest absolute Gasteiger partial charge is 0.443 e. The third-order valence-electron chi connectivity index (χ3n) is 1.62. The molecule has 1 heterocycles. The first-order valence-corrected chi connectivity index (χ1v) is 4.46. The van der Waals surface area contributed by atoms with E-state index in [1.54, 1.807) is 13.8 Å². The van der Waals surface area contributed by atoms with Gasteiger partial charge in [0, 0.05) is 19.7 Å². The fourth-order valence-electron chi connectivity index (χ4n) is 1.13. The van der Waals surface area contributed by atoms with Gasteiger partial charge < -0.3 is 14.5 Å². The van der Waals surface area contributed by atoms with Crippen molar-refractivity contribution in [1.29, 1.82) is 0 Å². The third-order valence-corrected chi connectivity index (χ3v) is 1.62. The number of amides is 1. The Balaban J connectivity index is 2.91. The van der Waals surface area contributed by atoms with Gasteiger partial charge >= 0.3 is 0 Å².